The monoisotopic (exact) mass is 199 g/mol. The van der Waals surface area contributed by atoms with Crippen LogP contribution in [0, 0.1) is 5.92 Å². The van der Waals surface area contributed by atoms with Gasteiger partial charge in [0.2, 0.25) is 0 Å². The highest BCUT2D eigenvalue weighted by Crippen LogP contribution is 2.33. The lowest BCUT2D eigenvalue weighted by Crippen LogP contribution is -2.34. The zero-order valence-electron chi connectivity index (χ0n) is 8.27. The average Bonchev–Trinajstić information content (AvgIpc) is 2.04. The number of nitrogens with zero attached hydrogens (tertiary/aromatic N) is 3. The predicted octanol–water partition coefficient (Wildman–Crippen LogP) is 3.26. The van der Waals surface area contributed by atoms with Crippen LogP contribution in [0.3, 0.4) is 0 Å². The zero-order chi connectivity index (χ0) is 9.90. The lowest BCUT2D eigenvalue weighted by atomic mass is 9.77. The lowest BCUT2D eigenvalue weighted by Gasteiger charge is -2.34. The number of hydrogen-bond donors (Lipinski definition) is 1. The molecule has 82 valence electrons. The smallest absolute Gasteiger partial charge is 0.0619 e. The number of rotatable bonds is 2. The molecule has 0 unspecified atom stereocenters. The summed E-state index contributed by atoms with van der Waals surface area (Å²) in [5.74, 6) is 0.359. The van der Waals surface area contributed by atoms with E-state index in [-0.39, 0.29) is 13.5 Å². The largest absolute Gasteiger partial charge is 0.390 e. The molecule has 0 atom stereocenters. The van der Waals surface area contributed by atoms with E-state index in [0.29, 0.717) is 5.92 Å². The van der Waals surface area contributed by atoms with Gasteiger partial charge in [0.15, 0.2) is 0 Å². The van der Waals surface area contributed by atoms with Gasteiger partial charge in [-0.05, 0) is 51.0 Å². The number of aliphatic hydroxyl groups is 1. The van der Waals surface area contributed by atoms with E-state index in [1.54, 1.807) is 0 Å². The van der Waals surface area contributed by atoms with Gasteiger partial charge in [-0.3, -0.25) is 0 Å². The van der Waals surface area contributed by atoms with Crippen LogP contribution in [0.25, 0.3) is 10.4 Å². The van der Waals surface area contributed by atoms with Crippen molar-refractivity contribution < 1.29 is 5.11 Å². The maximum atomic E-state index is 9.76. The molecule has 0 aromatic heterocycles. The highest BCUT2D eigenvalue weighted by Gasteiger charge is 2.30. The third kappa shape index (κ3) is 3.56. The van der Waals surface area contributed by atoms with Crippen LogP contribution in [0.15, 0.2) is 5.11 Å². The molecule has 0 aliphatic heterocycles. The minimum Gasteiger partial charge on any atom is -0.390 e. The Morgan fingerprint density at radius 3 is 2.14 bits per heavy atom. The van der Waals surface area contributed by atoms with E-state index in [0.717, 1.165) is 25.7 Å². The first-order chi connectivity index (χ1) is 6.04. The van der Waals surface area contributed by atoms with E-state index in [1.807, 2.05) is 13.8 Å². The van der Waals surface area contributed by atoms with E-state index in [2.05, 4.69) is 10.0 Å². The molecule has 14 heavy (non-hydrogen) atoms. The Kier molecular flexibility index (Phi) is 4.95. The quantitative estimate of drug-likeness (QED) is 0.414. The molecule has 4 nitrogen and oxygen atoms in total. The van der Waals surface area contributed by atoms with E-state index in [4.69, 9.17) is 5.53 Å². The maximum Gasteiger partial charge on any atom is 0.0619 e. The normalized spacial score (nSPS) is 27.4. The minimum absolute atomic E-state index is 0. The Morgan fingerprint density at radius 1 is 1.29 bits per heavy atom. The van der Waals surface area contributed by atoms with Gasteiger partial charge in [-0.25, -0.2) is 0 Å². The van der Waals surface area contributed by atoms with Crippen molar-refractivity contribution >= 4 is 0 Å². The summed E-state index contributed by atoms with van der Waals surface area (Å²) >= 11 is 0. The third-order valence-corrected chi connectivity index (χ3v) is 2.91. The predicted molar refractivity (Wildman–Crippen MR) is 57.9 cm³/mol. The van der Waals surface area contributed by atoms with Crippen molar-refractivity contribution in [2.45, 2.75) is 58.6 Å². The molecule has 0 amide bonds. The summed E-state index contributed by atoms with van der Waals surface area (Å²) in [4.78, 5) is 2.81. The van der Waals surface area contributed by atoms with Crippen LogP contribution in [0.1, 0.15) is 47.0 Å². The summed E-state index contributed by atoms with van der Waals surface area (Å²) in [6.07, 6.45) is 3.76. The maximum absolute atomic E-state index is 9.76. The fourth-order valence-electron chi connectivity index (χ4n) is 1.97. The van der Waals surface area contributed by atoms with Gasteiger partial charge in [-0.2, -0.15) is 0 Å². The van der Waals surface area contributed by atoms with Crippen molar-refractivity contribution in [1.82, 2.24) is 0 Å². The second kappa shape index (κ2) is 5.23. The van der Waals surface area contributed by atoms with Gasteiger partial charge in [0.25, 0.3) is 0 Å². The molecule has 0 saturated heterocycles. The summed E-state index contributed by atoms with van der Waals surface area (Å²) in [7, 11) is 0. The van der Waals surface area contributed by atoms with Crippen LogP contribution < -0.4 is 0 Å². The molecule has 0 radical (unpaired) electrons. The number of hydrogen-bond acceptors (Lipinski definition) is 2. The molecule has 1 rings (SSSR count). The molecule has 0 bridgehead atoms. The van der Waals surface area contributed by atoms with Crippen molar-refractivity contribution in [3.05, 3.63) is 10.4 Å². The Labute approximate surface area is 86.0 Å². The van der Waals surface area contributed by atoms with Gasteiger partial charge in [0, 0.05) is 11.0 Å². The lowest BCUT2D eigenvalue weighted by molar-refractivity contribution is -0.00115. The molecule has 1 saturated carbocycles. The van der Waals surface area contributed by atoms with Gasteiger partial charge >= 0.3 is 0 Å². The van der Waals surface area contributed by atoms with Crippen molar-refractivity contribution in [2.75, 3.05) is 0 Å². The molecule has 1 aliphatic rings. The first kappa shape index (κ1) is 13.3. The summed E-state index contributed by atoms with van der Waals surface area (Å²) in [6, 6.07) is 0.156. The second-order valence-corrected chi connectivity index (χ2v) is 4.36. The zero-order valence-corrected chi connectivity index (χ0v) is 8.27. The molecule has 0 spiro atoms. The molecule has 1 aliphatic carbocycles. The Bertz CT molecular complexity index is 208. The Hall–Kier alpha value is -0.730. The average molecular weight is 199 g/mol. The molecule has 1 N–H and O–H groups in total. The van der Waals surface area contributed by atoms with Crippen molar-refractivity contribution in [1.29, 1.82) is 0 Å². The Balaban J connectivity index is 0.00000169. The van der Waals surface area contributed by atoms with Crippen LogP contribution in [0.4, 0.5) is 0 Å². The van der Waals surface area contributed by atoms with Gasteiger partial charge in [0.1, 0.15) is 0 Å². The van der Waals surface area contributed by atoms with Crippen molar-refractivity contribution in [3.8, 4) is 0 Å². The van der Waals surface area contributed by atoms with Crippen LogP contribution in [0.2, 0.25) is 0 Å². The van der Waals surface area contributed by atoms with Gasteiger partial charge < -0.3 is 5.11 Å². The van der Waals surface area contributed by atoms with Crippen LogP contribution in [-0.4, -0.2) is 16.7 Å². The fourth-order valence-corrected chi connectivity index (χ4v) is 1.97. The van der Waals surface area contributed by atoms with Gasteiger partial charge in [-0.15, -0.1) is 0 Å². The highest BCUT2D eigenvalue weighted by molar-refractivity contribution is 4.85. The molecule has 4 heteroatoms. The minimum atomic E-state index is -0.582. The molecule has 0 aromatic carbocycles. The standard InChI is InChI=1S/C9H17N3O.CH4/c1-9(2,13)7-3-5-8(6-4-7)11-12-10;/h7-8,13H,3-6H2,1-2H3;1H4. The van der Waals surface area contributed by atoms with Gasteiger partial charge in [-0.1, -0.05) is 12.5 Å². The summed E-state index contributed by atoms with van der Waals surface area (Å²) < 4.78 is 0. The van der Waals surface area contributed by atoms with E-state index < -0.39 is 5.60 Å². The van der Waals surface area contributed by atoms with E-state index >= 15 is 0 Å². The SMILES string of the molecule is C.CC(C)(O)C1CCC(N=[N+]=[N-])CC1. The van der Waals surface area contributed by atoms with Gasteiger partial charge in [0.05, 0.1) is 5.60 Å². The van der Waals surface area contributed by atoms with Crippen LogP contribution in [-0.2, 0) is 0 Å². The Morgan fingerprint density at radius 2 is 1.79 bits per heavy atom. The fraction of sp³-hybridized carbons (Fsp3) is 1.00. The van der Waals surface area contributed by atoms with Crippen LogP contribution >= 0.6 is 0 Å². The molecular weight excluding hydrogens is 178 g/mol. The molecule has 1 fully saturated rings. The van der Waals surface area contributed by atoms with Crippen molar-refractivity contribution in [3.63, 3.8) is 0 Å². The summed E-state index contributed by atoms with van der Waals surface area (Å²) in [6.45, 7) is 3.71. The number of azide groups is 1. The topological polar surface area (TPSA) is 69.0 Å². The molecular formula is C10H21N3O. The first-order valence-corrected chi connectivity index (χ1v) is 4.80. The molecule has 0 heterocycles. The second-order valence-electron chi connectivity index (χ2n) is 4.36. The molecule has 0 aromatic rings. The highest BCUT2D eigenvalue weighted by atomic mass is 16.3. The first-order valence-electron chi connectivity index (χ1n) is 4.80. The van der Waals surface area contributed by atoms with E-state index in [1.165, 1.54) is 0 Å². The van der Waals surface area contributed by atoms with Crippen molar-refractivity contribution in [2.24, 2.45) is 11.0 Å². The third-order valence-electron chi connectivity index (χ3n) is 2.91. The van der Waals surface area contributed by atoms with Crippen LogP contribution in [0.5, 0.6) is 0 Å². The summed E-state index contributed by atoms with van der Waals surface area (Å²) in [5, 5.41) is 13.5. The van der Waals surface area contributed by atoms with E-state index in [9.17, 15) is 5.11 Å². The summed E-state index contributed by atoms with van der Waals surface area (Å²) in [5.41, 5.74) is 7.67.